The van der Waals surface area contributed by atoms with Crippen LogP contribution < -0.4 is 5.32 Å². The van der Waals surface area contributed by atoms with Crippen molar-refractivity contribution >= 4 is 16.6 Å². The highest BCUT2D eigenvalue weighted by atomic mass is 19.3. The molecule has 2 unspecified atom stereocenters. The van der Waals surface area contributed by atoms with Gasteiger partial charge in [-0.2, -0.15) is 0 Å². The molecule has 0 spiro atoms. The number of aromatic amines is 1. The van der Waals surface area contributed by atoms with Crippen molar-refractivity contribution in [2.45, 2.75) is 56.7 Å². The molecule has 210 valence electrons. The van der Waals surface area contributed by atoms with Crippen LogP contribution in [0, 0.1) is 11.6 Å². The molecule has 0 bridgehead atoms. The highest BCUT2D eigenvalue weighted by Crippen LogP contribution is 2.45. The van der Waals surface area contributed by atoms with Gasteiger partial charge in [-0.1, -0.05) is 0 Å². The third kappa shape index (κ3) is 4.80. The first-order chi connectivity index (χ1) is 18.7. The first-order valence-electron chi connectivity index (χ1n) is 13.6. The van der Waals surface area contributed by atoms with Gasteiger partial charge in [-0.05, 0) is 73.6 Å². The monoisotopic (exact) mass is 548 g/mol. The zero-order valence-electron chi connectivity index (χ0n) is 21.8. The summed E-state index contributed by atoms with van der Waals surface area (Å²) < 4.78 is 73.1. The molecule has 3 aromatic rings. The van der Waals surface area contributed by atoms with Gasteiger partial charge in [0.05, 0.1) is 25.3 Å². The van der Waals surface area contributed by atoms with Crippen LogP contribution in [0.15, 0.2) is 24.3 Å². The van der Waals surface area contributed by atoms with E-state index in [1.54, 1.807) is 6.92 Å². The average Bonchev–Trinajstić information content (AvgIpc) is 3.19. The molecule has 5 nitrogen and oxygen atoms in total. The van der Waals surface area contributed by atoms with Crippen molar-refractivity contribution < 1.29 is 27.1 Å². The van der Waals surface area contributed by atoms with Crippen LogP contribution in [0.4, 0.5) is 27.6 Å². The van der Waals surface area contributed by atoms with Gasteiger partial charge in [-0.15, -0.1) is 0 Å². The normalized spacial score (nSPS) is 21.9. The maximum absolute atomic E-state index is 15.8. The van der Waals surface area contributed by atoms with Crippen LogP contribution in [0.5, 0.6) is 0 Å². The van der Waals surface area contributed by atoms with E-state index < -0.39 is 42.8 Å². The summed E-state index contributed by atoms with van der Waals surface area (Å²) in [4.78, 5) is 6.80. The fourth-order valence-electron chi connectivity index (χ4n) is 6.42. The Hall–Kier alpha value is -2.69. The Morgan fingerprint density at radius 3 is 2.41 bits per heavy atom. The van der Waals surface area contributed by atoms with E-state index in [9.17, 15) is 18.3 Å². The van der Waals surface area contributed by atoms with Crippen molar-refractivity contribution in [3.05, 3.63) is 63.8 Å². The minimum atomic E-state index is -3.44. The number of benzene rings is 2. The number of aliphatic hydroxyl groups is 1. The molecule has 0 radical (unpaired) electrons. The Morgan fingerprint density at radius 2 is 1.77 bits per heavy atom. The van der Waals surface area contributed by atoms with Crippen molar-refractivity contribution in [1.82, 2.24) is 14.8 Å². The van der Waals surface area contributed by atoms with Crippen LogP contribution in [-0.4, -0.2) is 77.4 Å². The lowest BCUT2D eigenvalue weighted by atomic mass is 9.84. The minimum absolute atomic E-state index is 0.0121. The molecular formula is C29H33F5N4O. The summed E-state index contributed by atoms with van der Waals surface area (Å²) in [5.41, 5.74) is 4.70. The molecule has 0 saturated carbocycles. The van der Waals surface area contributed by atoms with E-state index in [-0.39, 0.29) is 24.0 Å². The van der Waals surface area contributed by atoms with E-state index in [0.29, 0.717) is 38.2 Å². The van der Waals surface area contributed by atoms with Gasteiger partial charge in [0, 0.05) is 53.5 Å². The first kappa shape index (κ1) is 26.5. The molecule has 3 aliphatic rings. The van der Waals surface area contributed by atoms with E-state index in [2.05, 4.69) is 27.3 Å². The second kappa shape index (κ2) is 10.1. The quantitative estimate of drug-likeness (QED) is 0.331. The SMILES string of the molecule is CC1Cc2c([nH]c3cc4c(cc23)CC4)C(c2c(F)cc(NC3CN(CCCF)C3)cc2F)N1CC(F)(F)CO. The highest BCUT2D eigenvalue weighted by Gasteiger charge is 2.43. The van der Waals surface area contributed by atoms with Crippen molar-refractivity contribution in [2.75, 3.05) is 44.8 Å². The van der Waals surface area contributed by atoms with Crippen LogP contribution in [0.2, 0.25) is 0 Å². The van der Waals surface area contributed by atoms with Gasteiger partial charge < -0.3 is 15.4 Å². The zero-order valence-corrected chi connectivity index (χ0v) is 21.8. The van der Waals surface area contributed by atoms with E-state index in [1.165, 1.54) is 28.2 Å². The maximum Gasteiger partial charge on any atom is 0.283 e. The Morgan fingerprint density at radius 1 is 1.08 bits per heavy atom. The van der Waals surface area contributed by atoms with Crippen LogP contribution in [0.25, 0.3) is 10.9 Å². The number of aromatic nitrogens is 1. The lowest BCUT2D eigenvalue weighted by Gasteiger charge is -2.42. The van der Waals surface area contributed by atoms with Crippen LogP contribution >= 0.6 is 0 Å². The molecule has 1 aromatic heterocycles. The summed E-state index contributed by atoms with van der Waals surface area (Å²) in [5, 5.41) is 13.4. The van der Waals surface area contributed by atoms with Crippen molar-refractivity contribution in [3.8, 4) is 0 Å². The lowest BCUT2D eigenvalue weighted by Crippen LogP contribution is -2.54. The van der Waals surface area contributed by atoms with Gasteiger partial charge in [0.2, 0.25) is 0 Å². The fraction of sp³-hybridized carbons (Fsp3) is 0.517. The molecule has 3 N–H and O–H groups in total. The molecule has 2 aliphatic heterocycles. The van der Waals surface area contributed by atoms with Crippen molar-refractivity contribution in [3.63, 3.8) is 0 Å². The summed E-state index contributed by atoms with van der Waals surface area (Å²) in [5.74, 6) is -5.08. The standard InChI is InChI=1S/C29H33F5N4O/c1-16-7-22-21-8-17-3-4-18(17)9-25(21)36-27(22)28(38(16)14-29(33,34)15-39)26-23(31)10-19(11-24(26)32)35-20-12-37(13-20)6-2-5-30/h8-11,16,20,28,35-36,39H,2-7,12-15H2,1H3. The van der Waals surface area contributed by atoms with Gasteiger partial charge in [-0.25, -0.2) is 17.6 Å². The van der Waals surface area contributed by atoms with Crippen LogP contribution in [0.3, 0.4) is 0 Å². The predicted molar refractivity (Wildman–Crippen MR) is 140 cm³/mol. The van der Waals surface area contributed by atoms with E-state index in [4.69, 9.17) is 0 Å². The molecule has 1 saturated heterocycles. The predicted octanol–water partition coefficient (Wildman–Crippen LogP) is 4.96. The minimum Gasteiger partial charge on any atom is -0.390 e. The number of aryl methyl sites for hydroxylation is 2. The number of nitrogens with zero attached hydrogens (tertiary/aromatic N) is 2. The van der Waals surface area contributed by atoms with Gasteiger partial charge in [0.1, 0.15) is 18.2 Å². The van der Waals surface area contributed by atoms with Gasteiger partial charge in [0.15, 0.2) is 0 Å². The molecule has 1 fully saturated rings. The Labute approximate surface area is 224 Å². The number of aliphatic hydroxyl groups excluding tert-OH is 1. The molecule has 2 atom stereocenters. The molecule has 39 heavy (non-hydrogen) atoms. The van der Waals surface area contributed by atoms with Gasteiger partial charge in [-0.3, -0.25) is 14.2 Å². The summed E-state index contributed by atoms with van der Waals surface area (Å²) in [7, 11) is 0. The second-order valence-corrected chi connectivity index (χ2v) is 11.3. The largest absolute Gasteiger partial charge is 0.390 e. The van der Waals surface area contributed by atoms with Crippen molar-refractivity contribution in [2.24, 2.45) is 0 Å². The Balaban J connectivity index is 1.37. The number of anilines is 1. The first-order valence-corrected chi connectivity index (χ1v) is 13.6. The van der Waals surface area contributed by atoms with Crippen molar-refractivity contribution in [1.29, 1.82) is 0 Å². The summed E-state index contributed by atoms with van der Waals surface area (Å²) >= 11 is 0. The molecule has 6 rings (SSSR count). The third-order valence-corrected chi connectivity index (χ3v) is 8.53. The topological polar surface area (TPSA) is 54.5 Å². The van der Waals surface area contributed by atoms with E-state index in [0.717, 1.165) is 29.3 Å². The number of hydrogen-bond acceptors (Lipinski definition) is 4. The number of fused-ring (bicyclic) bond motifs is 4. The third-order valence-electron chi connectivity index (χ3n) is 8.53. The number of halogens is 5. The number of alkyl halides is 3. The van der Waals surface area contributed by atoms with Crippen LogP contribution in [0.1, 0.15) is 47.3 Å². The summed E-state index contributed by atoms with van der Waals surface area (Å²) in [6.07, 6.45) is 2.84. The molecule has 2 aromatic carbocycles. The number of H-pyrrole nitrogens is 1. The summed E-state index contributed by atoms with van der Waals surface area (Å²) in [6, 6.07) is 5.02. The van der Waals surface area contributed by atoms with E-state index >= 15 is 8.78 Å². The zero-order chi connectivity index (χ0) is 27.5. The lowest BCUT2D eigenvalue weighted by molar-refractivity contribution is -0.0869. The second-order valence-electron chi connectivity index (χ2n) is 11.3. The molecule has 10 heteroatoms. The van der Waals surface area contributed by atoms with Gasteiger partial charge in [0.25, 0.3) is 5.92 Å². The summed E-state index contributed by atoms with van der Waals surface area (Å²) in [6.45, 7) is 1.15. The maximum atomic E-state index is 15.8. The fourth-order valence-corrected chi connectivity index (χ4v) is 6.42. The molecule has 3 heterocycles. The van der Waals surface area contributed by atoms with E-state index in [1.807, 2.05) is 0 Å². The molecular weight excluding hydrogens is 515 g/mol. The molecule has 1 aliphatic carbocycles. The average molecular weight is 549 g/mol. The Bertz CT molecular complexity index is 1360. The highest BCUT2D eigenvalue weighted by molar-refractivity contribution is 5.87. The molecule has 0 amide bonds. The smallest absolute Gasteiger partial charge is 0.283 e. The van der Waals surface area contributed by atoms with Crippen LogP contribution in [-0.2, 0) is 19.3 Å². The number of hydrogen-bond donors (Lipinski definition) is 3. The number of rotatable bonds is 9. The number of nitrogens with one attached hydrogen (secondary N) is 2. The number of likely N-dealkylation sites (tertiary alicyclic amines) is 1. The van der Waals surface area contributed by atoms with Gasteiger partial charge >= 0.3 is 0 Å². The Kier molecular flexibility index (Phi) is 6.84.